The standard InChI is InChI=1S/C33H49N5O6Si/c1-21(2)31(38-30(41)19-25-12-14-26(15-13-25)45(44,22(3)4)23(5)6)33(43)35-17-16-29(40)37-27(32(42)36-20-28(34)39)18-24-10-8-7-9-11-24/h7-15,21-23,27,31,44H,16-20H2,1-6H3,(H2,34,39)(H,35,43)(H,36,42)(H,37,40)(H,38,41)/t27-,31-/m0/s1. The van der Waals surface area contributed by atoms with Crippen molar-refractivity contribution in [2.45, 2.75) is 84.0 Å². The van der Waals surface area contributed by atoms with Gasteiger partial charge in [-0.3, -0.25) is 24.0 Å². The quantitative estimate of drug-likeness (QED) is 0.141. The molecule has 0 heterocycles. The normalized spacial score (nSPS) is 12.8. The molecule has 0 aliphatic heterocycles. The number of benzene rings is 2. The first-order valence-corrected chi connectivity index (χ1v) is 17.5. The van der Waals surface area contributed by atoms with Gasteiger partial charge in [0.05, 0.1) is 13.0 Å². The Kier molecular flexibility index (Phi) is 14.4. The molecule has 2 aromatic carbocycles. The van der Waals surface area contributed by atoms with Crippen molar-refractivity contribution in [2.24, 2.45) is 11.7 Å². The van der Waals surface area contributed by atoms with Crippen LogP contribution in [0.5, 0.6) is 0 Å². The summed E-state index contributed by atoms with van der Waals surface area (Å²) in [6, 6.07) is 14.8. The molecule has 0 fully saturated rings. The van der Waals surface area contributed by atoms with Crippen molar-refractivity contribution in [2.75, 3.05) is 13.1 Å². The van der Waals surface area contributed by atoms with Crippen LogP contribution < -0.4 is 32.2 Å². The molecule has 2 rings (SSSR count). The minimum absolute atomic E-state index is 0.00924. The number of carbonyl (C=O) groups is 5. The number of nitrogens with two attached hydrogens (primary N) is 1. The average Bonchev–Trinajstić information content (AvgIpc) is 2.98. The molecular formula is C33H49N5O6Si. The summed E-state index contributed by atoms with van der Waals surface area (Å²) < 4.78 is 0. The number of nitrogens with one attached hydrogen (secondary N) is 4. The summed E-state index contributed by atoms with van der Waals surface area (Å²) in [7, 11) is -2.68. The Balaban J connectivity index is 1.94. The summed E-state index contributed by atoms with van der Waals surface area (Å²) >= 11 is 0. The summed E-state index contributed by atoms with van der Waals surface area (Å²) in [4.78, 5) is 73.7. The lowest BCUT2D eigenvalue weighted by molar-refractivity contribution is -0.131. The van der Waals surface area contributed by atoms with Gasteiger partial charge in [-0.05, 0) is 33.3 Å². The van der Waals surface area contributed by atoms with Crippen LogP contribution >= 0.6 is 0 Å². The van der Waals surface area contributed by atoms with E-state index >= 15 is 0 Å². The molecule has 11 nitrogen and oxygen atoms in total. The molecule has 0 aliphatic carbocycles. The average molecular weight is 640 g/mol. The van der Waals surface area contributed by atoms with Gasteiger partial charge >= 0.3 is 0 Å². The first-order valence-electron chi connectivity index (χ1n) is 15.4. The minimum Gasteiger partial charge on any atom is -0.427 e. The fourth-order valence-electron chi connectivity index (χ4n) is 5.20. The first-order chi connectivity index (χ1) is 21.1. The number of primary amides is 1. The van der Waals surface area contributed by atoms with Crippen molar-refractivity contribution < 1.29 is 28.8 Å². The van der Waals surface area contributed by atoms with Crippen LogP contribution in [-0.4, -0.2) is 67.8 Å². The highest BCUT2D eigenvalue weighted by Crippen LogP contribution is 2.29. The van der Waals surface area contributed by atoms with E-state index in [1.807, 2.05) is 96.1 Å². The van der Waals surface area contributed by atoms with Crippen LogP contribution in [0, 0.1) is 5.92 Å². The van der Waals surface area contributed by atoms with Gasteiger partial charge in [-0.2, -0.15) is 0 Å². The molecule has 0 aromatic heterocycles. The van der Waals surface area contributed by atoms with Gasteiger partial charge < -0.3 is 31.8 Å². The number of rotatable bonds is 17. The lowest BCUT2D eigenvalue weighted by Crippen LogP contribution is -2.53. The maximum Gasteiger partial charge on any atom is 0.243 e. The van der Waals surface area contributed by atoms with E-state index in [9.17, 15) is 28.8 Å². The zero-order chi connectivity index (χ0) is 33.7. The Morgan fingerprint density at radius 3 is 1.89 bits per heavy atom. The summed E-state index contributed by atoms with van der Waals surface area (Å²) in [6.07, 6.45) is 0.169. The monoisotopic (exact) mass is 639 g/mol. The summed E-state index contributed by atoms with van der Waals surface area (Å²) in [5.41, 5.74) is 7.00. The van der Waals surface area contributed by atoms with Crippen molar-refractivity contribution in [1.82, 2.24) is 21.3 Å². The third-order valence-electron chi connectivity index (χ3n) is 7.83. The summed E-state index contributed by atoms with van der Waals surface area (Å²) in [5, 5.41) is 11.5. The van der Waals surface area contributed by atoms with Gasteiger partial charge in [0.25, 0.3) is 0 Å². The Morgan fingerprint density at radius 2 is 1.36 bits per heavy atom. The highest BCUT2D eigenvalue weighted by Gasteiger charge is 2.40. The molecule has 246 valence electrons. The predicted octanol–water partition coefficient (Wildman–Crippen LogP) is 1.17. The van der Waals surface area contributed by atoms with E-state index in [2.05, 4.69) is 21.3 Å². The zero-order valence-corrected chi connectivity index (χ0v) is 28.2. The van der Waals surface area contributed by atoms with Gasteiger partial charge in [0.2, 0.25) is 37.9 Å². The van der Waals surface area contributed by atoms with Crippen LogP contribution in [0.2, 0.25) is 11.1 Å². The van der Waals surface area contributed by atoms with Crippen LogP contribution in [-0.2, 0) is 36.8 Å². The highest BCUT2D eigenvalue weighted by atomic mass is 28.4. The second-order valence-electron chi connectivity index (χ2n) is 12.3. The van der Waals surface area contributed by atoms with Gasteiger partial charge in [0.1, 0.15) is 12.1 Å². The molecule has 7 N–H and O–H groups in total. The molecular weight excluding hydrogens is 590 g/mol. The van der Waals surface area contributed by atoms with Crippen LogP contribution in [0.1, 0.15) is 59.1 Å². The Morgan fingerprint density at radius 1 is 0.756 bits per heavy atom. The van der Waals surface area contributed by atoms with Crippen LogP contribution in [0.15, 0.2) is 54.6 Å². The van der Waals surface area contributed by atoms with Gasteiger partial charge in [-0.15, -0.1) is 0 Å². The Labute approximate surface area is 267 Å². The molecule has 2 atom stereocenters. The zero-order valence-electron chi connectivity index (χ0n) is 27.2. The second-order valence-corrected chi connectivity index (χ2v) is 16.9. The van der Waals surface area contributed by atoms with Crippen molar-refractivity contribution in [1.29, 1.82) is 0 Å². The number of hydrogen-bond acceptors (Lipinski definition) is 6. The molecule has 0 saturated carbocycles. The number of carbonyl (C=O) groups excluding carboxylic acids is 5. The van der Waals surface area contributed by atoms with Crippen molar-refractivity contribution in [3.8, 4) is 0 Å². The fraction of sp³-hybridized carbons (Fsp3) is 0.485. The van der Waals surface area contributed by atoms with Crippen LogP contribution in [0.4, 0.5) is 0 Å². The molecule has 0 aliphatic rings. The first kappa shape index (κ1) is 37.2. The third-order valence-corrected chi connectivity index (χ3v) is 12.6. The highest BCUT2D eigenvalue weighted by molar-refractivity contribution is 6.87. The molecule has 2 aromatic rings. The van der Waals surface area contributed by atoms with Crippen molar-refractivity contribution in [3.63, 3.8) is 0 Å². The van der Waals surface area contributed by atoms with Gasteiger partial charge in [-0.1, -0.05) is 96.1 Å². The van der Waals surface area contributed by atoms with Crippen LogP contribution in [0.25, 0.3) is 0 Å². The lowest BCUT2D eigenvalue weighted by atomic mass is 10.0. The van der Waals surface area contributed by atoms with Gasteiger partial charge in [0.15, 0.2) is 0 Å². The molecule has 0 bridgehead atoms. The van der Waals surface area contributed by atoms with E-state index in [1.54, 1.807) is 0 Å². The van der Waals surface area contributed by atoms with E-state index in [1.165, 1.54) is 0 Å². The number of amides is 5. The summed E-state index contributed by atoms with van der Waals surface area (Å²) in [6.45, 7) is 11.4. The SMILES string of the molecule is CC(C)[C@H](NC(=O)Cc1ccc([Si](O)(C(C)C)C(C)C)cc1)C(=O)NCCC(=O)N[C@@H](Cc1ccccc1)C(=O)NCC(N)=O. The summed E-state index contributed by atoms with van der Waals surface area (Å²) in [5.74, 6) is -2.68. The third kappa shape index (κ3) is 11.4. The van der Waals surface area contributed by atoms with Crippen LogP contribution in [0.3, 0.4) is 0 Å². The van der Waals surface area contributed by atoms with Gasteiger partial charge in [-0.25, -0.2) is 0 Å². The fourth-order valence-corrected chi connectivity index (χ4v) is 8.57. The molecule has 0 radical (unpaired) electrons. The molecule has 45 heavy (non-hydrogen) atoms. The maximum atomic E-state index is 13.0. The topological polar surface area (TPSA) is 180 Å². The number of hydrogen-bond donors (Lipinski definition) is 6. The maximum absolute atomic E-state index is 13.0. The molecule has 5 amide bonds. The second kappa shape index (κ2) is 17.5. The van der Waals surface area contributed by atoms with Crippen molar-refractivity contribution in [3.05, 3.63) is 65.7 Å². The largest absolute Gasteiger partial charge is 0.427 e. The Hall–Kier alpha value is -4.03. The van der Waals surface area contributed by atoms with E-state index in [4.69, 9.17) is 5.73 Å². The molecule has 0 unspecified atom stereocenters. The van der Waals surface area contributed by atoms with E-state index in [0.717, 1.165) is 16.3 Å². The molecule has 0 saturated heterocycles. The minimum atomic E-state index is -2.68. The lowest BCUT2D eigenvalue weighted by Gasteiger charge is -2.33. The van der Waals surface area contributed by atoms with E-state index < -0.39 is 44.0 Å². The Bertz CT molecular complexity index is 1290. The molecule has 0 spiro atoms. The van der Waals surface area contributed by atoms with E-state index in [-0.39, 0.29) is 55.3 Å². The van der Waals surface area contributed by atoms with Gasteiger partial charge in [0, 0.05) is 19.4 Å². The van der Waals surface area contributed by atoms with E-state index in [0.29, 0.717) is 0 Å². The smallest absolute Gasteiger partial charge is 0.243 e. The van der Waals surface area contributed by atoms with Crippen molar-refractivity contribution >= 4 is 43.0 Å². The predicted molar refractivity (Wildman–Crippen MR) is 177 cm³/mol. The molecule has 12 heteroatoms.